The number of esters is 1. The molecular formula is C13H16O2. The predicted octanol–water partition coefficient (Wildman–Crippen LogP) is 3.09. The number of ether oxygens (including phenoxy) is 1. The minimum absolute atomic E-state index is 0.0573. The molecule has 2 nitrogen and oxygen atoms in total. The molecule has 1 aliphatic carbocycles. The number of aryl methyl sites for hydroxylation is 1. The van der Waals surface area contributed by atoms with Crippen molar-refractivity contribution in [1.29, 1.82) is 0 Å². The Balaban J connectivity index is 1.99. The fourth-order valence-corrected chi connectivity index (χ4v) is 2.04. The molecule has 15 heavy (non-hydrogen) atoms. The van der Waals surface area contributed by atoms with Crippen molar-refractivity contribution in [3.05, 3.63) is 29.8 Å². The van der Waals surface area contributed by atoms with Gasteiger partial charge in [0.15, 0.2) is 0 Å². The normalized spacial score (nSPS) is 16.6. The van der Waals surface area contributed by atoms with Gasteiger partial charge < -0.3 is 4.74 Å². The summed E-state index contributed by atoms with van der Waals surface area (Å²) in [6.45, 7) is 1.99. The van der Waals surface area contributed by atoms with E-state index in [1.54, 1.807) is 0 Å². The minimum Gasteiger partial charge on any atom is -0.426 e. The van der Waals surface area contributed by atoms with Gasteiger partial charge in [-0.25, -0.2) is 0 Å². The molecule has 0 aliphatic heterocycles. The Morgan fingerprint density at radius 3 is 2.73 bits per heavy atom. The topological polar surface area (TPSA) is 26.3 Å². The van der Waals surface area contributed by atoms with Gasteiger partial charge in [-0.1, -0.05) is 25.0 Å². The zero-order valence-electron chi connectivity index (χ0n) is 9.03. The Labute approximate surface area is 90.3 Å². The Bertz CT molecular complexity index is 351. The van der Waals surface area contributed by atoms with Crippen molar-refractivity contribution in [1.82, 2.24) is 0 Å². The zero-order valence-corrected chi connectivity index (χ0v) is 9.03. The molecule has 0 N–H and O–H groups in total. The standard InChI is InChI=1S/C13H16O2/c1-10-5-4-8-12(9-10)15-13(14)11-6-2-3-7-11/h4-5,8-9,11H,2-3,6-7H2,1H3. The molecule has 1 aromatic carbocycles. The van der Waals surface area contributed by atoms with Crippen molar-refractivity contribution in [3.63, 3.8) is 0 Å². The summed E-state index contributed by atoms with van der Waals surface area (Å²) in [6, 6.07) is 7.63. The van der Waals surface area contributed by atoms with Crippen LogP contribution in [0.4, 0.5) is 0 Å². The van der Waals surface area contributed by atoms with E-state index in [9.17, 15) is 4.79 Å². The molecule has 1 aromatic rings. The molecule has 0 heterocycles. The fraction of sp³-hybridized carbons (Fsp3) is 0.462. The average Bonchev–Trinajstić information content (AvgIpc) is 2.70. The average molecular weight is 204 g/mol. The molecule has 1 saturated carbocycles. The highest BCUT2D eigenvalue weighted by molar-refractivity contribution is 5.75. The van der Waals surface area contributed by atoms with Crippen LogP contribution >= 0.6 is 0 Å². The lowest BCUT2D eigenvalue weighted by Gasteiger charge is -2.09. The molecule has 1 aliphatic rings. The van der Waals surface area contributed by atoms with Crippen LogP contribution in [0.15, 0.2) is 24.3 Å². The fourth-order valence-electron chi connectivity index (χ4n) is 2.04. The summed E-state index contributed by atoms with van der Waals surface area (Å²) < 4.78 is 5.34. The van der Waals surface area contributed by atoms with Crippen molar-refractivity contribution >= 4 is 5.97 Å². The van der Waals surface area contributed by atoms with E-state index in [4.69, 9.17) is 4.74 Å². The molecule has 0 bridgehead atoms. The number of hydrogen-bond acceptors (Lipinski definition) is 2. The van der Waals surface area contributed by atoms with Gasteiger partial charge in [0.25, 0.3) is 0 Å². The van der Waals surface area contributed by atoms with Crippen molar-refractivity contribution in [2.75, 3.05) is 0 Å². The van der Waals surface area contributed by atoms with Crippen LogP contribution in [0.5, 0.6) is 5.75 Å². The number of carbonyl (C=O) groups excluding carboxylic acids is 1. The highest BCUT2D eigenvalue weighted by Gasteiger charge is 2.24. The lowest BCUT2D eigenvalue weighted by molar-refractivity contribution is -0.138. The van der Waals surface area contributed by atoms with Crippen LogP contribution in [0.25, 0.3) is 0 Å². The van der Waals surface area contributed by atoms with Crippen molar-refractivity contribution in [2.45, 2.75) is 32.6 Å². The van der Waals surface area contributed by atoms with Crippen LogP contribution in [-0.2, 0) is 4.79 Å². The Hall–Kier alpha value is -1.31. The van der Waals surface area contributed by atoms with Crippen LogP contribution in [0.3, 0.4) is 0 Å². The number of carbonyl (C=O) groups is 1. The van der Waals surface area contributed by atoms with Gasteiger partial charge in [0.1, 0.15) is 5.75 Å². The largest absolute Gasteiger partial charge is 0.426 e. The number of benzene rings is 1. The van der Waals surface area contributed by atoms with Crippen LogP contribution < -0.4 is 4.74 Å². The summed E-state index contributed by atoms with van der Waals surface area (Å²) in [5.74, 6) is 0.746. The van der Waals surface area contributed by atoms with E-state index in [0.717, 1.165) is 31.2 Å². The third-order valence-electron chi connectivity index (χ3n) is 2.90. The molecule has 0 spiro atoms. The van der Waals surface area contributed by atoms with E-state index in [-0.39, 0.29) is 11.9 Å². The van der Waals surface area contributed by atoms with E-state index < -0.39 is 0 Å². The first-order valence-corrected chi connectivity index (χ1v) is 5.54. The van der Waals surface area contributed by atoms with Gasteiger partial charge in [-0.2, -0.15) is 0 Å². The first kappa shape index (κ1) is 10.2. The summed E-state index contributed by atoms with van der Waals surface area (Å²) in [7, 11) is 0. The molecule has 0 saturated heterocycles. The second kappa shape index (κ2) is 4.47. The van der Waals surface area contributed by atoms with Gasteiger partial charge in [0.2, 0.25) is 0 Å². The Kier molecular flexibility index (Phi) is 3.05. The van der Waals surface area contributed by atoms with Gasteiger partial charge in [-0.05, 0) is 37.5 Å². The van der Waals surface area contributed by atoms with Crippen LogP contribution in [0, 0.1) is 12.8 Å². The van der Waals surface area contributed by atoms with Gasteiger partial charge in [-0.15, -0.1) is 0 Å². The summed E-state index contributed by atoms with van der Waals surface area (Å²) >= 11 is 0. The van der Waals surface area contributed by atoms with E-state index in [0.29, 0.717) is 5.75 Å². The summed E-state index contributed by atoms with van der Waals surface area (Å²) in [4.78, 5) is 11.7. The molecular weight excluding hydrogens is 188 g/mol. The third kappa shape index (κ3) is 2.58. The SMILES string of the molecule is Cc1cccc(OC(=O)C2CCCC2)c1. The molecule has 0 aromatic heterocycles. The first-order valence-electron chi connectivity index (χ1n) is 5.54. The molecule has 0 unspecified atom stereocenters. The van der Waals surface area contributed by atoms with Gasteiger partial charge >= 0.3 is 5.97 Å². The van der Waals surface area contributed by atoms with E-state index in [1.165, 1.54) is 0 Å². The molecule has 80 valence electrons. The summed E-state index contributed by atoms with van der Waals surface area (Å²) in [6.07, 6.45) is 4.30. The zero-order chi connectivity index (χ0) is 10.7. The lowest BCUT2D eigenvalue weighted by atomic mass is 10.1. The van der Waals surface area contributed by atoms with E-state index in [2.05, 4.69) is 0 Å². The van der Waals surface area contributed by atoms with Crippen LogP contribution in [0.2, 0.25) is 0 Å². The van der Waals surface area contributed by atoms with E-state index in [1.807, 2.05) is 31.2 Å². The first-order chi connectivity index (χ1) is 7.25. The van der Waals surface area contributed by atoms with Crippen LogP contribution in [0.1, 0.15) is 31.2 Å². The van der Waals surface area contributed by atoms with E-state index >= 15 is 0 Å². The monoisotopic (exact) mass is 204 g/mol. The molecule has 2 heteroatoms. The quantitative estimate of drug-likeness (QED) is 0.546. The molecule has 2 rings (SSSR count). The van der Waals surface area contributed by atoms with Crippen molar-refractivity contribution in [2.24, 2.45) is 5.92 Å². The Morgan fingerprint density at radius 1 is 1.33 bits per heavy atom. The van der Waals surface area contributed by atoms with Gasteiger partial charge in [0, 0.05) is 0 Å². The van der Waals surface area contributed by atoms with Crippen molar-refractivity contribution in [3.8, 4) is 5.75 Å². The maximum absolute atomic E-state index is 11.7. The molecule has 1 fully saturated rings. The van der Waals surface area contributed by atoms with Gasteiger partial charge in [-0.3, -0.25) is 4.79 Å². The highest BCUT2D eigenvalue weighted by atomic mass is 16.5. The summed E-state index contributed by atoms with van der Waals surface area (Å²) in [5.41, 5.74) is 1.12. The molecule has 0 radical (unpaired) electrons. The highest BCUT2D eigenvalue weighted by Crippen LogP contribution is 2.26. The van der Waals surface area contributed by atoms with Crippen LogP contribution in [-0.4, -0.2) is 5.97 Å². The predicted molar refractivity (Wildman–Crippen MR) is 58.8 cm³/mol. The Morgan fingerprint density at radius 2 is 2.07 bits per heavy atom. The summed E-state index contributed by atoms with van der Waals surface area (Å²) in [5, 5.41) is 0. The molecule has 0 amide bonds. The third-order valence-corrected chi connectivity index (χ3v) is 2.90. The molecule has 0 atom stereocenters. The smallest absolute Gasteiger partial charge is 0.314 e. The maximum Gasteiger partial charge on any atom is 0.314 e. The minimum atomic E-state index is -0.0573. The second-order valence-corrected chi connectivity index (χ2v) is 4.22. The number of hydrogen-bond donors (Lipinski definition) is 0. The number of rotatable bonds is 2. The van der Waals surface area contributed by atoms with Crippen molar-refractivity contribution < 1.29 is 9.53 Å². The van der Waals surface area contributed by atoms with Gasteiger partial charge in [0.05, 0.1) is 5.92 Å². The lowest BCUT2D eigenvalue weighted by Crippen LogP contribution is -2.17. The maximum atomic E-state index is 11.7. The second-order valence-electron chi connectivity index (χ2n) is 4.22.